The minimum absolute atomic E-state index is 0.773. The van der Waals surface area contributed by atoms with Crippen LogP contribution >= 0.6 is 11.3 Å². The Hall–Kier alpha value is -6.16. The van der Waals surface area contributed by atoms with Gasteiger partial charge in [0.2, 0.25) is 0 Å². The zero-order chi connectivity index (χ0) is 32.1. The third-order valence-corrected chi connectivity index (χ3v) is 11.2. The quantitative estimate of drug-likeness (QED) is 0.179. The fourth-order valence-corrected chi connectivity index (χ4v) is 9.18. The Morgan fingerprint density at radius 2 is 0.918 bits per heavy atom. The summed E-state index contributed by atoms with van der Waals surface area (Å²) in [4.78, 5) is 0. The van der Waals surface area contributed by atoms with Crippen molar-refractivity contribution in [1.29, 1.82) is 0 Å². The molecule has 2 nitrogen and oxygen atoms in total. The van der Waals surface area contributed by atoms with E-state index in [9.17, 15) is 0 Å². The van der Waals surface area contributed by atoms with Gasteiger partial charge in [-0.3, -0.25) is 0 Å². The lowest BCUT2D eigenvalue weighted by Crippen LogP contribution is -1.92. The molecule has 0 amide bonds. The number of furan rings is 2. The fraction of sp³-hybridized carbons (Fsp3) is 0. The summed E-state index contributed by atoms with van der Waals surface area (Å²) >= 11 is 1.86. The van der Waals surface area contributed by atoms with Crippen molar-refractivity contribution >= 4 is 86.0 Å². The third kappa shape index (κ3) is 3.76. The lowest BCUT2D eigenvalue weighted by Gasteiger charge is -2.18. The maximum absolute atomic E-state index is 7.00. The molecule has 0 saturated heterocycles. The number of rotatable bonds is 3. The van der Waals surface area contributed by atoms with Crippen molar-refractivity contribution in [1.82, 2.24) is 0 Å². The van der Waals surface area contributed by atoms with Crippen LogP contribution in [-0.4, -0.2) is 0 Å². The molecule has 3 aromatic heterocycles. The summed E-state index contributed by atoms with van der Waals surface area (Å²) in [7, 11) is 0. The molecule has 0 atom stereocenters. The molecule has 49 heavy (non-hydrogen) atoms. The van der Waals surface area contributed by atoms with E-state index in [-0.39, 0.29) is 0 Å². The van der Waals surface area contributed by atoms with Gasteiger partial charge >= 0.3 is 0 Å². The minimum Gasteiger partial charge on any atom is -0.452 e. The Morgan fingerprint density at radius 1 is 0.347 bits per heavy atom. The smallest absolute Gasteiger partial charge is 0.178 e. The summed E-state index contributed by atoms with van der Waals surface area (Å²) in [5.41, 5.74) is 8.23. The maximum atomic E-state index is 7.00. The van der Waals surface area contributed by atoms with E-state index in [4.69, 9.17) is 8.83 Å². The highest BCUT2D eigenvalue weighted by Gasteiger charge is 2.26. The summed E-state index contributed by atoms with van der Waals surface area (Å²) in [5.74, 6) is 0.845. The molecule has 3 heteroatoms. The first-order chi connectivity index (χ1) is 24.3. The van der Waals surface area contributed by atoms with Gasteiger partial charge in [0.15, 0.2) is 11.2 Å². The fourth-order valence-electron chi connectivity index (χ4n) is 8.05. The minimum atomic E-state index is 0.773. The molecule has 0 spiro atoms. The van der Waals surface area contributed by atoms with Gasteiger partial charge in [-0.25, -0.2) is 0 Å². The standard InChI is InChI=1S/C46H26O2S/c1-2-13-27(14-3-1)44-43(36-26-25-33-28-15-8-10-22-37(28)47-45(33)46(36)48-44)42-31-18-6-4-16-29(31)40(30-17-5-7-19-32(30)42)35-21-12-24-39-41(35)34-20-9-11-23-38(34)49-39/h1-26H. The van der Waals surface area contributed by atoms with E-state index in [0.717, 1.165) is 49.8 Å². The molecule has 0 aliphatic carbocycles. The van der Waals surface area contributed by atoms with Crippen LogP contribution in [0.5, 0.6) is 0 Å². The van der Waals surface area contributed by atoms with E-state index in [0.29, 0.717) is 0 Å². The number of benzene rings is 8. The summed E-state index contributed by atoms with van der Waals surface area (Å²) in [6.45, 7) is 0. The van der Waals surface area contributed by atoms with Crippen molar-refractivity contribution in [3.63, 3.8) is 0 Å². The van der Waals surface area contributed by atoms with Gasteiger partial charge < -0.3 is 8.83 Å². The average molecular weight is 643 g/mol. The van der Waals surface area contributed by atoms with Crippen molar-refractivity contribution in [3.05, 3.63) is 158 Å². The van der Waals surface area contributed by atoms with E-state index in [1.807, 2.05) is 23.5 Å². The number of thiophene rings is 1. The molecule has 0 bridgehead atoms. The molecule has 228 valence electrons. The number of hydrogen-bond donors (Lipinski definition) is 0. The van der Waals surface area contributed by atoms with Gasteiger partial charge in [0.1, 0.15) is 11.3 Å². The van der Waals surface area contributed by atoms with Gasteiger partial charge in [0.05, 0.1) is 0 Å². The average Bonchev–Trinajstić information content (AvgIpc) is 3.86. The van der Waals surface area contributed by atoms with Crippen LogP contribution in [-0.2, 0) is 0 Å². The Labute approximate surface area is 285 Å². The van der Waals surface area contributed by atoms with Gasteiger partial charge in [-0.15, -0.1) is 11.3 Å². The van der Waals surface area contributed by atoms with Crippen LogP contribution in [0.15, 0.2) is 167 Å². The zero-order valence-electron chi connectivity index (χ0n) is 26.2. The Bertz CT molecular complexity index is 3050. The van der Waals surface area contributed by atoms with Crippen LogP contribution in [0.25, 0.3) is 108 Å². The van der Waals surface area contributed by atoms with Crippen molar-refractivity contribution in [2.45, 2.75) is 0 Å². The van der Waals surface area contributed by atoms with Gasteiger partial charge in [0.25, 0.3) is 0 Å². The normalized spacial score (nSPS) is 12.1. The molecule has 0 aliphatic heterocycles. The summed E-state index contributed by atoms with van der Waals surface area (Å²) in [6, 6.07) is 56.5. The van der Waals surface area contributed by atoms with Gasteiger partial charge in [0, 0.05) is 53.0 Å². The number of fused-ring (bicyclic) bond motifs is 10. The van der Waals surface area contributed by atoms with Gasteiger partial charge in [-0.05, 0) is 63.0 Å². The first kappa shape index (κ1) is 26.9. The number of hydrogen-bond acceptors (Lipinski definition) is 3. The van der Waals surface area contributed by atoms with E-state index >= 15 is 0 Å². The summed E-state index contributed by atoms with van der Waals surface area (Å²) < 4.78 is 16.1. The SMILES string of the molecule is c1ccc(-c2oc3c(ccc4c5ccccc5oc43)c2-c2c3ccccc3c(-c3cccc4sc5ccccc5c34)c3ccccc23)cc1. The van der Waals surface area contributed by atoms with E-state index < -0.39 is 0 Å². The van der Waals surface area contributed by atoms with Crippen LogP contribution in [0.1, 0.15) is 0 Å². The molecule has 0 unspecified atom stereocenters. The molecule has 0 fully saturated rings. The van der Waals surface area contributed by atoms with Crippen molar-refractivity contribution < 1.29 is 8.83 Å². The highest BCUT2D eigenvalue weighted by atomic mass is 32.1. The van der Waals surface area contributed by atoms with E-state index in [2.05, 4.69) is 146 Å². The molecule has 0 N–H and O–H groups in total. The molecule has 0 radical (unpaired) electrons. The van der Waals surface area contributed by atoms with E-state index in [1.165, 1.54) is 58.4 Å². The molecule has 8 aromatic carbocycles. The topological polar surface area (TPSA) is 26.3 Å². The zero-order valence-corrected chi connectivity index (χ0v) is 27.1. The second kappa shape index (κ2) is 10.2. The largest absolute Gasteiger partial charge is 0.452 e. The first-order valence-electron chi connectivity index (χ1n) is 16.6. The second-order valence-electron chi connectivity index (χ2n) is 12.7. The van der Waals surface area contributed by atoms with Crippen molar-refractivity contribution in [2.24, 2.45) is 0 Å². The highest BCUT2D eigenvalue weighted by Crippen LogP contribution is 2.52. The van der Waals surface area contributed by atoms with Crippen LogP contribution in [0, 0.1) is 0 Å². The third-order valence-electron chi connectivity index (χ3n) is 10.1. The Morgan fingerprint density at radius 3 is 1.67 bits per heavy atom. The Kier molecular flexibility index (Phi) is 5.57. The first-order valence-corrected chi connectivity index (χ1v) is 17.4. The highest BCUT2D eigenvalue weighted by molar-refractivity contribution is 7.25. The van der Waals surface area contributed by atoms with Gasteiger partial charge in [-0.1, -0.05) is 127 Å². The summed E-state index contributed by atoms with van der Waals surface area (Å²) in [6.07, 6.45) is 0. The van der Waals surface area contributed by atoms with Crippen LogP contribution < -0.4 is 0 Å². The molecule has 3 heterocycles. The van der Waals surface area contributed by atoms with Crippen LogP contribution in [0.4, 0.5) is 0 Å². The van der Waals surface area contributed by atoms with Crippen LogP contribution in [0.2, 0.25) is 0 Å². The molecular formula is C46H26O2S. The lowest BCUT2D eigenvalue weighted by atomic mass is 9.84. The molecular weight excluding hydrogens is 617 g/mol. The van der Waals surface area contributed by atoms with Crippen molar-refractivity contribution in [2.75, 3.05) is 0 Å². The molecule has 11 rings (SSSR count). The monoisotopic (exact) mass is 642 g/mol. The summed E-state index contributed by atoms with van der Waals surface area (Å²) in [5, 5.41) is 10.6. The van der Waals surface area contributed by atoms with E-state index in [1.54, 1.807) is 0 Å². The maximum Gasteiger partial charge on any atom is 0.178 e. The second-order valence-corrected chi connectivity index (χ2v) is 13.8. The van der Waals surface area contributed by atoms with Crippen molar-refractivity contribution in [3.8, 4) is 33.6 Å². The predicted octanol–water partition coefficient (Wildman–Crippen LogP) is 14.0. The lowest BCUT2D eigenvalue weighted by molar-refractivity contribution is 0.612. The van der Waals surface area contributed by atoms with Crippen LogP contribution in [0.3, 0.4) is 0 Å². The Balaban J connectivity index is 1.32. The molecule has 0 saturated carbocycles. The predicted molar refractivity (Wildman–Crippen MR) is 208 cm³/mol. The van der Waals surface area contributed by atoms with Gasteiger partial charge in [-0.2, -0.15) is 0 Å². The number of para-hydroxylation sites is 1. The molecule has 0 aliphatic rings. The molecule has 11 aromatic rings.